The molecule has 148 valence electrons. The van der Waals surface area contributed by atoms with Crippen LogP contribution in [0.3, 0.4) is 0 Å². The van der Waals surface area contributed by atoms with Gasteiger partial charge in [0.05, 0.1) is 16.3 Å². The molecular weight excluding hydrogens is 392 g/mol. The maximum absolute atomic E-state index is 10.3. The van der Waals surface area contributed by atoms with Gasteiger partial charge in [-0.1, -0.05) is 18.5 Å². The van der Waals surface area contributed by atoms with Crippen LogP contribution >= 0.6 is 22.9 Å². The summed E-state index contributed by atoms with van der Waals surface area (Å²) in [5.74, 6) is 1.40. The largest absolute Gasteiger partial charge is 0.489 e. The van der Waals surface area contributed by atoms with E-state index in [2.05, 4.69) is 17.2 Å². The molecule has 0 amide bonds. The Balaban J connectivity index is 1.83. The second kappa shape index (κ2) is 7.99. The van der Waals surface area contributed by atoms with Crippen molar-refractivity contribution >= 4 is 33.2 Å². The molecule has 0 aliphatic carbocycles. The van der Waals surface area contributed by atoms with Gasteiger partial charge in [0, 0.05) is 46.2 Å². The van der Waals surface area contributed by atoms with E-state index in [1.165, 1.54) is 0 Å². The molecule has 2 N–H and O–H groups in total. The van der Waals surface area contributed by atoms with E-state index >= 15 is 0 Å². The maximum Gasteiger partial charge on any atom is 0.130 e. The maximum atomic E-state index is 10.3. The van der Waals surface area contributed by atoms with Crippen LogP contribution in [0.25, 0.3) is 21.3 Å². The van der Waals surface area contributed by atoms with Crippen molar-refractivity contribution in [2.24, 2.45) is 5.92 Å². The van der Waals surface area contributed by atoms with Crippen molar-refractivity contribution < 1.29 is 9.84 Å². The predicted octanol–water partition coefficient (Wildman–Crippen LogP) is 5.36. The lowest BCUT2D eigenvalue weighted by atomic mass is 9.97. The number of ether oxygens (including phenoxy) is 1. The molecule has 4 nitrogen and oxygen atoms in total. The molecule has 0 saturated carbocycles. The summed E-state index contributed by atoms with van der Waals surface area (Å²) >= 11 is 8.01. The number of aliphatic hydroxyl groups is 1. The van der Waals surface area contributed by atoms with Crippen LogP contribution < -0.4 is 10.1 Å². The highest BCUT2D eigenvalue weighted by molar-refractivity contribution is 7.19. The highest BCUT2D eigenvalue weighted by atomic mass is 35.5. The minimum Gasteiger partial charge on any atom is -0.489 e. The molecular formula is C22H25ClN2O2S. The molecule has 1 fully saturated rings. The van der Waals surface area contributed by atoms with Crippen molar-refractivity contribution in [3.63, 3.8) is 0 Å². The van der Waals surface area contributed by atoms with Crippen LogP contribution in [0, 0.1) is 12.8 Å². The van der Waals surface area contributed by atoms with Gasteiger partial charge in [-0.25, -0.2) is 0 Å². The fourth-order valence-corrected chi connectivity index (χ4v) is 5.03. The van der Waals surface area contributed by atoms with E-state index in [1.54, 1.807) is 11.3 Å². The molecule has 2 unspecified atom stereocenters. The summed E-state index contributed by atoms with van der Waals surface area (Å²) in [4.78, 5) is 5.45. The molecule has 3 heterocycles. The van der Waals surface area contributed by atoms with Crippen LogP contribution in [0.2, 0.25) is 5.02 Å². The van der Waals surface area contributed by atoms with Gasteiger partial charge in [0.15, 0.2) is 0 Å². The Morgan fingerprint density at radius 3 is 2.79 bits per heavy atom. The Morgan fingerprint density at radius 1 is 1.32 bits per heavy atom. The molecule has 0 bridgehead atoms. The summed E-state index contributed by atoms with van der Waals surface area (Å²) < 4.78 is 7.50. The Kier molecular flexibility index (Phi) is 5.61. The van der Waals surface area contributed by atoms with E-state index in [4.69, 9.17) is 16.3 Å². The lowest BCUT2D eigenvalue weighted by Gasteiger charge is -2.33. The number of aryl methyl sites for hydroxylation is 1. The molecule has 0 spiro atoms. The van der Waals surface area contributed by atoms with Crippen molar-refractivity contribution in [1.82, 2.24) is 10.3 Å². The van der Waals surface area contributed by atoms with Crippen molar-refractivity contribution in [1.29, 1.82) is 0 Å². The van der Waals surface area contributed by atoms with Crippen molar-refractivity contribution in [3.05, 3.63) is 45.9 Å². The number of fused-ring (bicyclic) bond motifs is 1. The third-order valence-corrected chi connectivity index (χ3v) is 6.93. The molecule has 1 aromatic carbocycles. The van der Waals surface area contributed by atoms with Gasteiger partial charge in [0.25, 0.3) is 0 Å². The van der Waals surface area contributed by atoms with Gasteiger partial charge >= 0.3 is 0 Å². The predicted molar refractivity (Wildman–Crippen MR) is 117 cm³/mol. The van der Waals surface area contributed by atoms with Gasteiger partial charge in [0.1, 0.15) is 11.9 Å². The molecule has 4 rings (SSSR count). The number of rotatable bonds is 6. The molecule has 0 radical (unpaired) electrons. The van der Waals surface area contributed by atoms with Crippen molar-refractivity contribution in [2.75, 3.05) is 13.1 Å². The number of hydrogen-bond acceptors (Lipinski definition) is 5. The van der Waals surface area contributed by atoms with Crippen LogP contribution in [0.1, 0.15) is 36.8 Å². The number of pyridine rings is 1. The van der Waals surface area contributed by atoms with Crippen molar-refractivity contribution in [3.8, 4) is 16.9 Å². The smallest absolute Gasteiger partial charge is 0.130 e. The summed E-state index contributed by atoms with van der Waals surface area (Å²) in [6.07, 6.45) is 2.15. The summed E-state index contributed by atoms with van der Waals surface area (Å²) in [6.45, 7) is 8.13. The number of thiophene rings is 1. The topological polar surface area (TPSA) is 54.4 Å². The van der Waals surface area contributed by atoms with Crippen LogP contribution in [-0.2, 0) is 0 Å². The van der Waals surface area contributed by atoms with Crippen LogP contribution in [-0.4, -0.2) is 29.3 Å². The van der Waals surface area contributed by atoms with Gasteiger partial charge < -0.3 is 15.2 Å². The third-order valence-electron chi connectivity index (χ3n) is 5.46. The standard InChI is InChI=1S/C22H25ClN2O2S/c1-4-19(26)20-9-18-22(28-20)16(5-6-25-18)17-8-15(23)7-12(2)21(17)27-13(3)14-10-24-11-14/h5-9,13-14,19,24,26H,4,10-11H2,1-3H3. The quantitative estimate of drug-likeness (QED) is 0.568. The summed E-state index contributed by atoms with van der Waals surface area (Å²) in [5, 5.41) is 14.3. The van der Waals surface area contributed by atoms with E-state index < -0.39 is 6.10 Å². The van der Waals surface area contributed by atoms with Crippen LogP contribution in [0.5, 0.6) is 5.75 Å². The number of benzene rings is 1. The number of halogens is 1. The Hall–Kier alpha value is -1.66. The molecule has 2 atom stereocenters. The average molecular weight is 417 g/mol. The first kappa shape index (κ1) is 19.6. The van der Waals surface area contributed by atoms with Gasteiger partial charge in [-0.05, 0) is 50.1 Å². The van der Waals surface area contributed by atoms with E-state index in [9.17, 15) is 5.11 Å². The molecule has 6 heteroatoms. The molecule has 1 aliphatic heterocycles. The number of aliphatic hydroxyl groups excluding tert-OH is 1. The normalized spacial score (nSPS) is 16.8. The highest BCUT2D eigenvalue weighted by Gasteiger charge is 2.27. The van der Waals surface area contributed by atoms with Gasteiger partial charge in [-0.15, -0.1) is 11.3 Å². The van der Waals surface area contributed by atoms with Crippen LogP contribution in [0.4, 0.5) is 0 Å². The number of aromatic nitrogens is 1. The summed E-state index contributed by atoms with van der Waals surface area (Å²) in [5.41, 5.74) is 3.95. The highest BCUT2D eigenvalue weighted by Crippen LogP contribution is 2.43. The zero-order chi connectivity index (χ0) is 19.8. The monoisotopic (exact) mass is 416 g/mol. The SMILES string of the molecule is CCC(O)c1cc2nccc(-c3cc(Cl)cc(C)c3OC(C)C3CNC3)c2s1. The second-order valence-electron chi connectivity index (χ2n) is 7.49. The lowest BCUT2D eigenvalue weighted by molar-refractivity contribution is 0.114. The number of nitrogens with zero attached hydrogens (tertiary/aromatic N) is 1. The van der Waals surface area contributed by atoms with E-state index in [0.29, 0.717) is 17.4 Å². The molecule has 1 aliphatic rings. The Morgan fingerprint density at radius 2 is 2.11 bits per heavy atom. The molecule has 28 heavy (non-hydrogen) atoms. The average Bonchev–Trinajstić information content (AvgIpc) is 3.06. The van der Waals surface area contributed by atoms with E-state index in [-0.39, 0.29) is 6.10 Å². The molecule has 3 aromatic rings. The Labute approximate surface area is 174 Å². The first-order valence-corrected chi connectivity index (χ1v) is 10.9. The zero-order valence-corrected chi connectivity index (χ0v) is 17.9. The number of hydrogen-bond donors (Lipinski definition) is 2. The van der Waals surface area contributed by atoms with E-state index in [0.717, 1.165) is 50.6 Å². The number of nitrogens with one attached hydrogen (secondary N) is 1. The first-order chi connectivity index (χ1) is 13.5. The first-order valence-electron chi connectivity index (χ1n) is 9.72. The summed E-state index contributed by atoms with van der Waals surface area (Å²) in [6, 6.07) is 7.91. The second-order valence-corrected chi connectivity index (χ2v) is 9.01. The summed E-state index contributed by atoms with van der Waals surface area (Å²) in [7, 11) is 0. The van der Waals surface area contributed by atoms with Crippen molar-refractivity contribution in [2.45, 2.75) is 39.4 Å². The van der Waals surface area contributed by atoms with E-state index in [1.807, 2.05) is 44.3 Å². The fraction of sp³-hybridized carbons (Fsp3) is 0.409. The van der Waals surface area contributed by atoms with Crippen LogP contribution in [0.15, 0.2) is 30.5 Å². The third kappa shape index (κ3) is 3.64. The van der Waals surface area contributed by atoms with Gasteiger partial charge in [0.2, 0.25) is 0 Å². The minimum absolute atomic E-state index is 0.123. The zero-order valence-electron chi connectivity index (χ0n) is 16.3. The van der Waals surface area contributed by atoms with Gasteiger partial charge in [-0.3, -0.25) is 4.98 Å². The fourth-order valence-electron chi connectivity index (χ4n) is 3.55. The minimum atomic E-state index is -0.463. The van der Waals surface area contributed by atoms with Gasteiger partial charge in [-0.2, -0.15) is 0 Å². The molecule has 2 aromatic heterocycles. The Bertz CT molecular complexity index is 1000. The lowest BCUT2D eigenvalue weighted by Crippen LogP contribution is -2.49. The molecule has 1 saturated heterocycles.